The molecule has 2 nitrogen and oxygen atoms in total. The zero-order valence-corrected chi connectivity index (χ0v) is 8.76. The maximum absolute atomic E-state index is 12.0. The van der Waals surface area contributed by atoms with Gasteiger partial charge in [-0.25, -0.2) is 8.42 Å². The third-order valence-electron chi connectivity index (χ3n) is 2.75. The van der Waals surface area contributed by atoms with Crippen LogP contribution < -0.4 is 0 Å². The topological polar surface area (TPSA) is 34.1 Å². The Balaban J connectivity index is 2.33. The maximum Gasteiger partial charge on any atom is 0.181 e. The molecule has 0 N–H and O–H groups in total. The van der Waals surface area contributed by atoms with Gasteiger partial charge in [-0.2, -0.15) is 0 Å². The number of benzene rings is 1. The predicted molar refractivity (Wildman–Crippen MR) is 54.7 cm³/mol. The average Bonchev–Trinajstić information content (AvgIpc) is 2.72. The van der Waals surface area contributed by atoms with E-state index in [9.17, 15) is 8.42 Å². The van der Waals surface area contributed by atoms with Crippen molar-refractivity contribution in [2.24, 2.45) is 0 Å². The van der Waals surface area contributed by atoms with E-state index in [0.29, 0.717) is 4.90 Å². The normalized spacial score (nSPS) is 18.6. The van der Waals surface area contributed by atoms with Gasteiger partial charge in [0, 0.05) is 0 Å². The highest BCUT2D eigenvalue weighted by Crippen LogP contribution is 2.29. The first-order valence-electron chi connectivity index (χ1n) is 4.91. The van der Waals surface area contributed by atoms with Gasteiger partial charge in [-0.05, 0) is 31.0 Å². The van der Waals surface area contributed by atoms with Crippen molar-refractivity contribution >= 4 is 9.84 Å². The SMILES string of the molecule is O=S(=O)(c1c[c]ccc1)C1CCCC1. The van der Waals surface area contributed by atoms with E-state index in [-0.39, 0.29) is 5.25 Å². The maximum atomic E-state index is 12.0. The molecular formula is C11H13O2S. The van der Waals surface area contributed by atoms with Crippen molar-refractivity contribution < 1.29 is 8.42 Å². The Morgan fingerprint density at radius 2 is 2.00 bits per heavy atom. The summed E-state index contributed by atoms with van der Waals surface area (Å²) >= 11 is 0. The van der Waals surface area contributed by atoms with Crippen molar-refractivity contribution in [3.8, 4) is 0 Å². The molecule has 14 heavy (non-hydrogen) atoms. The summed E-state index contributed by atoms with van der Waals surface area (Å²) in [5.41, 5.74) is 0. The predicted octanol–water partition coefficient (Wildman–Crippen LogP) is 2.20. The van der Waals surface area contributed by atoms with Crippen LogP contribution in [0.4, 0.5) is 0 Å². The van der Waals surface area contributed by atoms with Crippen molar-refractivity contribution in [2.75, 3.05) is 0 Å². The molecule has 0 aromatic heterocycles. The van der Waals surface area contributed by atoms with Gasteiger partial charge in [0.25, 0.3) is 0 Å². The lowest BCUT2D eigenvalue weighted by atomic mass is 10.4. The summed E-state index contributed by atoms with van der Waals surface area (Å²) in [6, 6.07) is 9.47. The molecule has 0 unspecified atom stereocenters. The fourth-order valence-corrected chi connectivity index (χ4v) is 3.78. The molecule has 0 heterocycles. The van der Waals surface area contributed by atoms with E-state index in [4.69, 9.17) is 0 Å². The number of hydrogen-bond donors (Lipinski definition) is 0. The summed E-state index contributed by atoms with van der Waals surface area (Å²) in [6.45, 7) is 0. The largest absolute Gasteiger partial charge is 0.223 e. The van der Waals surface area contributed by atoms with Crippen LogP contribution in [0.25, 0.3) is 0 Å². The highest BCUT2D eigenvalue weighted by Gasteiger charge is 2.29. The molecule has 0 atom stereocenters. The van der Waals surface area contributed by atoms with Gasteiger partial charge in [-0.1, -0.05) is 25.0 Å². The van der Waals surface area contributed by atoms with E-state index in [1.54, 1.807) is 24.3 Å². The summed E-state index contributed by atoms with van der Waals surface area (Å²) in [7, 11) is -3.07. The molecule has 0 aliphatic heterocycles. The van der Waals surface area contributed by atoms with Crippen molar-refractivity contribution in [1.29, 1.82) is 0 Å². The molecule has 0 saturated heterocycles. The fourth-order valence-electron chi connectivity index (χ4n) is 1.94. The summed E-state index contributed by atoms with van der Waals surface area (Å²) in [5.74, 6) is 0. The Morgan fingerprint density at radius 1 is 1.29 bits per heavy atom. The van der Waals surface area contributed by atoms with Gasteiger partial charge in [0.15, 0.2) is 9.84 Å². The molecule has 3 heteroatoms. The van der Waals surface area contributed by atoms with Crippen molar-refractivity contribution in [2.45, 2.75) is 35.8 Å². The first-order valence-corrected chi connectivity index (χ1v) is 6.46. The van der Waals surface area contributed by atoms with Gasteiger partial charge in [0.2, 0.25) is 0 Å². The lowest BCUT2D eigenvalue weighted by Crippen LogP contribution is -2.17. The van der Waals surface area contributed by atoms with Gasteiger partial charge >= 0.3 is 0 Å². The first-order chi connectivity index (χ1) is 6.71. The van der Waals surface area contributed by atoms with Crippen molar-refractivity contribution in [1.82, 2.24) is 0 Å². The monoisotopic (exact) mass is 209 g/mol. The van der Waals surface area contributed by atoms with Crippen LogP contribution in [0.15, 0.2) is 29.2 Å². The third kappa shape index (κ3) is 1.69. The van der Waals surface area contributed by atoms with Gasteiger partial charge in [-0.15, -0.1) is 0 Å². The lowest BCUT2D eigenvalue weighted by Gasteiger charge is -2.10. The molecule has 1 radical (unpaired) electrons. The Hall–Kier alpha value is -0.830. The van der Waals surface area contributed by atoms with Crippen molar-refractivity contribution in [3.05, 3.63) is 30.3 Å². The smallest absolute Gasteiger partial charge is 0.181 e. The van der Waals surface area contributed by atoms with Gasteiger partial charge < -0.3 is 0 Å². The number of rotatable bonds is 2. The van der Waals surface area contributed by atoms with Crippen molar-refractivity contribution in [3.63, 3.8) is 0 Å². The van der Waals surface area contributed by atoms with Gasteiger partial charge in [0.05, 0.1) is 10.1 Å². The second-order valence-corrected chi connectivity index (χ2v) is 5.92. The zero-order valence-electron chi connectivity index (χ0n) is 7.94. The summed E-state index contributed by atoms with van der Waals surface area (Å²) in [4.78, 5) is 0.423. The Bertz CT molecular complexity index is 389. The van der Waals surface area contributed by atoms with Crippen LogP contribution in [0.1, 0.15) is 25.7 Å². The van der Waals surface area contributed by atoms with Crippen LogP contribution in [-0.4, -0.2) is 13.7 Å². The van der Waals surface area contributed by atoms with E-state index >= 15 is 0 Å². The standard InChI is InChI=1S/C11H13O2S/c12-14(13,11-8-4-5-9-11)10-6-2-1-3-7-10/h1-2,6-7,11H,4-5,8-9H2. The molecule has 75 valence electrons. The molecule has 1 aromatic carbocycles. The Labute approximate surface area is 84.9 Å². The second kappa shape index (κ2) is 3.73. The number of sulfone groups is 1. The van der Waals surface area contributed by atoms with Crippen LogP contribution in [0.2, 0.25) is 0 Å². The van der Waals surface area contributed by atoms with Crippen LogP contribution in [0.3, 0.4) is 0 Å². The molecule has 1 saturated carbocycles. The van der Waals surface area contributed by atoms with E-state index < -0.39 is 9.84 Å². The highest BCUT2D eigenvalue weighted by molar-refractivity contribution is 7.92. The molecule has 1 aliphatic carbocycles. The van der Waals surface area contributed by atoms with E-state index in [1.807, 2.05) is 0 Å². The third-order valence-corrected chi connectivity index (χ3v) is 5.01. The van der Waals surface area contributed by atoms with Crippen LogP contribution >= 0.6 is 0 Å². The summed E-state index contributed by atoms with van der Waals surface area (Å²) in [6.07, 6.45) is 3.72. The Kier molecular flexibility index (Phi) is 2.59. The molecular weight excluding hydrogens is 196 g/mol. The molecule has 0 spiro atoms. The molecule has 2 rings (SSSR count). The quantitative estimate of drug-likeness (QED) is 0.748. The molecule has 1 fully saturated rings. The summed E-state index contributed by atoms with van der Waals surface area (Å²) in [5, 5.41) is -0.154. The van der Waals surface area contributed by atoms with E-state index in [0.717, 1.165) is 25.7 Å². The molecule has 0 bridgehead atoms. The van der Waals surface area contributed by atoms with E-state index in [2.05, 4.69) is 6.07 Å². The lowest BCUT2D eigenvalue weighted by molar-refractivity contribution is 0.579. The Morgan fingerprint density at radius 3 is 2.57 bits per heavy atom. The second-order valence-electron chi connectivity index (χ2n) is 3.69. The fraction of sp³-hybridized carbons (Fsp3) is 0.455. The average molecular weight is 209 g/mol. The van der Waals surface area contributed by atoms with Crippen LogP contribution in [-0.2, 0) is 9.84 Å². The minimum absolute atomic E-state index is 0.154. The first kappa shape index (κ1) is 9.71. The molecule has 1 aliphatic rings. The minimum Gasteiger partial charge on any atom is -0.223 e. The number of hydrogen-bond acceptors (Lipinski definition) is 2. The van der Waals surface area contributed by atoms with E-state index in [1.165, 1.54) is 0 Å². The van der Waals surface area contributed by atoms with Crippen LogP contribution in [0, 0.1) is 6.07 Å². The summed E-state index contributed by atoms with van der Waals surface area (Å²) < 4.78 is 24.0. The molecule has 1 aromatic rings. The zero-order chi connectivity index (χ0) is 10.0. The van der Waals surface area contributed by atoms with Crippen LogP contribution in [0.5, 0.6) is 0 Å². The van der Waals surface area contributed by atoms with Gasteiger partial charge in [0.1, 0.15) is 0 Å². The highest BCUT2D eigenvalue weighted by atomic mass is 32.2. The van der Waals surface area contributed by atoms with Gasteiger partial charge in [-0.3, -0.25) is 0 Å². The molecule has 0 amide bonds. The minimum atomic E-state index is -3.07.